The topological polar surface area (TPSA) is 122 Å². The molecule has 0 unspecified atom stereocenters. The zero-order valence-corrected chi connectivity index (χ0v) is 18.8. The minimum absolute atomic E-state index is 0.150. The first-order valence-corrected chi connectivity index (χ1v) is 11.1. The van der Waals surface area contributed by atoms with E-state index in [1.54, 1.807) is 35.0 Å². The van der Waals surface area contributed by atoms with Crippen LogP contribution in [0.25, 0.3) is 0 Å². The number of aromatic nitrogens is 2. The van der Waals surface area contributed by atoms with Crippen LogP contribution in [0.3, 0.4) is 0 Å². The van der Waals surface area contributed by atoms with Crippen LogP contribution in [0.4, 0.5) is 17.1 Å². The van der Waals surface area contributed by atoms with Crippen LogP contribution < -0.4 is 10.6 Å². The van der Waals surface area contributed by atoms with Crippen LogP contribution in [0.2, 0.25) is 0 Å². The van der Waals surface area contributed by atoms with Crippen LogP contribution in [0.15, 0.2) is 60.9 Å². The van der Waals surface area contributed by atoms with Crippen LogP contribution in [0.5, 0.6) is 0 Å². The number of benzene rings is 2. The maximum Gasteiger partial charge on any atom is 0.293 e. The van der Waals surface area contributed by atoms with Gasteiger partial charge in [0.1, 0.15) is 5.69 Å². The Hall–Kier alpha value is -4.21. The number of amides is 2. The second-order valence-corrected chi connectivity index (χ2v) is 8.33. The molecule has 0 spiro atoms. The fraction of sp³-hybridized carbons (Fsp3) is 0.292. The van der Waals surface area contributed by atoms with E-state index in [9.17, 15) is 19.7 Å². The van der Waals surface area contributed by atoms with Crippen molar-refractivity contribution in [3.8, 4) is 0 Å². The molecule has 10 nitrogen and oxygen atoms in total. The van der Waals surface area contributed by atoms with Crippen molar-refractivity contribution in [3.05, 3.63) is 82.2 Å². The predicted molar refractivity (Wildman–Crippen MR) is 127 cm³/mol. The van der Waals surface area contributed by atoms with Crippen LogP contribution in [0, 0.1) is 16.0 Å². The van der Waals surface area contributed by atoms with E-state index in [4.69, 9.17) is 0 Å². The average Bonchev–Trinajstić information content (AvgIpc) is 3.29. The minimum Gasteiger partial charge on any atom is -0.352 e. The van der Waals surface area contributed by atoms with Gasteiger partial charge in [0.2, 0.25) is 0 Å². The highest BCUT2D eigenvalue weighted by Crippen LogP contribution is 2.29. The molecule has 0 saturated carbocycles. The number of piperidine rings is 1. The van der Waals surface area contributed by atoms with Crippen LogP contribution in [-0.4, -0.2) is 51.1 Å². The van der Waals surface area contributed by atoms with E-state index in [-0.39, 0.29) is 29.0 Å². The van der Waals surface area contributed by atoms with Crippen molar-refractivity contribution in [1.29, 1.82) is 0 Å². The normalized spacial score (nSPS) is 14.0. The Morgan fingerprint density at radius 2 is 1.85 bits per heavy atom. The Morgan fingerprint density at radius 3 is 2.50 bits per heavy atom. The molecule has 3 aromatic rings. The first kappa shape index (κ1) is 23.0. The Labute approximate surface area is 196 Å². The number of likely N-dealkylation sites (tertiary alicyclic amines) is 1. The maximum atomic E-state index is 13.0. The van der Waals surface area contributed by atoms with Gasteiger partial charge >= 0.3 is 0 Å². The van der Waals surface area contributed by atoms with Gasteiger partial charge in [-0.25, -0.2) is 0 Å². The summed E-state index contributed by atoms with van der Waals surface area (Å²) in [4.78, 5) is 38.1. The maximum absolute atomic E-state index is 13.0. The Morgan fingerprint density at radius 1 is 1.12 bits per heavy atom. The van der Waals surface area contributed by atoms with Crippen molar-refractivity contribution in [3.63, 3.8) is 0 Å². The molecule has 0 radical (unpaired) electrons. The summed E-state index contributed by atoms with van der Waals surface area (Å²) in [6.07, 6.45) is 4.68. The molecule has 1 fully saturated rings. The lowest BCUT2D eigenvalue weighted by Gasteiger charge is -2.32. The number of nitro groups is 1. The number of hydrogen-bond acceptors (Lipinski definition) is 6. The van der Waals surface area contributed by atoms with E-state index in [0.29, 0.717) is 30.9 Å². The number of anilines is 2. The third-order valence-electron chi connectivity index (χ3n) is 5.91. The highest BCUT2D eigenvalue weighted by atomic mass is 16.6. The second-order valence-electron chi connectivity index (χ2n) is 8.33. The van der Waals surface area contributed by atoms with Crippen LogP contribution in [-0.2, 0) is 7.05 Å². The molecule has 2 N–H and O–H groups in total. The highest BCUT2D eigenvalue weighted by Gasteiger charge is 2.26. The van der Waals surface area contributed by atoms with Gasteiger partial charge in [-0.3, -0.25) is 24.4 Å². The molecular formula is C24H26N6O4. The van der Waals surface area contributed by atoms with Crippen molar-refractivity contribution in [2.75, 3.05) is 25.0 Å². The fourth-order valence-electron chi connectivity index (χ4n) is 4.00. The quantitative estimate of drug-likeness (QED) is 0.410. The zero-order chi connectivity index (χ0) is 24.1. The predicted octanol–water partition coefficient (Wildman–Crippen LogP) is 3.35. The molecule has 1 saturated heterocycles. The van der Waals surface area contributed by atoms with E-state index in [1.807, 2.05) is 30.3 Å². The third kappa shape index (κ3) is 5.40. The summed E-state index contributed by atoms with van der Waals surface area (Å²) in [5.74, 6) is -0.133. The number of rotatable bonds is 7. The lowest BCUT2D eigenvalue weighted by molar-refractivity contribution is -0.383. The highest BCUT2D eigenvalue weighted by molar-refractivity contribution is 5.96. The van der Waals surface area contributed by atoms with Crippen molar-refractivity contribution in [2.24, 2.45) is 13.0 Å². The SMILES string of the molecule is Cn1cc(C(=O)NCC2CCN(C(=O)c3ccc(Nc4ccccc4)c([N+](=O)[O-])c3)CC2)cn1. The monoisotopic (exact) mass is 462 g/mol. The van der Waals surface area contributed by atoms with E-state index in [1.165, 1.54) is 12.3 Å². The van der Waals surface area contributed by atoms with Gasteiger partial charge in [-0.2, -0.15) is 5.10 Å². The average molecular weight is 463 g/mol. The number of carbonyl (C=O) groups excluding carboxylic acids is 2. The summed E-state index contributed by atoms with van der Waals surface area (Å²) < 4.78 is 1.58. The van der Waals surface area contributed by atoms with Crippen LogP contribution in [0.1, 0.15) is 33.6 Å². The lowest BCUT2D eigenvalue weighted by Crippen LogP contribution is -2.41. The van der Waals surface area contributed by atoms with Gasteiger partial charge in [0, 0.05) is 50.2 Å². The Kier molecular flexibility index (Phi) is 6.86. The molecule has 1 aromatic heterocycles. The second kappa shape index (κ2) is 10.2. The van der Waals surface area contributed by atoms with Gasteiger partial charge in [0.25, 0.3) is 17.5 Å². The Balaban J connectivity index is 1.34. The molecule has 0 atom stereocenters. The first-order chi connectivity index (χ1) is 16.4. The largest absolute Gasteiger partial charge is 0.352 e. The number of nitrogens with one attached hydrogen (secondary N) is 2. The summed E-state index contributed by atoms with van der Waals surface area (Å²) in [6, 6.07) is 13.7. The molecule has 1 aliphatic rings. The fourth-order valence-corrected chi connectivity index (χ4v) is 4.00. The number of hydrogen-bond donors (Lipinski definition) is 2. The van der Waals surface area contributed by atoms with E-state index >= 15 is 0 Å². The lowest BCUT2D eigenvalue weighted by atomic mass is 9.96. The van der Waals surface area contributed by atoms with E-state index in [0.717, 1.165) is 18.5 Å². The molecule has 34 heavy (non-hydrogen) atoms. The molecule has 1 aliphatic heterocycles. The molecule has 4 rings (SSSR count). The molecule has 0 aliphatic carbocycles. The van der Waals surface area contributed by atoms with E-state index in [2.05, 4.69) is 15.7 Å². The van der Waals surface area contributed by atoms with Gasteiger partial charge in [-0.05, 0) is 43.0 Å². The molecule has 2 heterocycles. The molecule has 0 bridgehead atoms. The summed E-state index contributed by atoms with van der Waals surface area (Å²) >= 11 is 0. The smallest absolute Gasteiger partial charge is 0.293 e. The molecule has 176 valence electrons. The number of nitro benzene ring substituents is 1. The first-order valence-electron chi connectivity index (χ1n) is 11.1. The van der Waals surface area contributed by atoms with Gasteiger partial charge in [-0.1, -0.05) is 18.2 Å². The van der Waals surface area contributed by atoms with Crippen LogP contribution >= 0.6 is 0 Å². The summed E-state index contributed by atoms with van der Waals surface area (Å²) in [6.45, 7) is 1.59. The van der Waals surface area contributed by atoms with E-state index < -0.39 is 4.92 Å². The molecule has 10 heteroatoms. The number of nitrogens with zero attached hydrogens (tertiary/aromatic N) is 4. The van der Waals surface area contributed by atoms with Crippen molar-refractivity contribution >= 4 is 28.9 Å². The molecular weight excluding hydrogens is 436 g/mol. The summed E-state index contributed by atoms with van der Waals surface area (Å²) in [5.41, 5.74) is 1.71. The van der Waals surface area contributed by atoms with Crippen molar-refractivity contribution in [2.45, 2.75) is 12.8 Å². The van der Waals surface area contributed by atoms with Gasteiger partial charge in [0.05, 0.1) is 16.7 Å². The third-order valence-corrected chi connectivity index (χ3v) is 5.91. The van der Waals surface area contributed by atoms with Gasteiger partial charge < -0.3 is 15.5 Å². The summed E-state index contributed by atoms with van der Waals surface area (Å²) in [7, 11) is 1.76. The zero-order valence-electron chi connectivity index (χ0n) is 18.8. The number of carbonyl (C=O) groups is 2. The molecule has 2 aromatic carbocycles. The van der Waals surface area contributed by atoms with Gasteiger partial charge in [-0.15, -0.1) is 0 Å². The Bertz CT molecular complexity index is 1190. The summed E-state index contributed by atoms with van der Waals surface area (Å²) in [5, 5.41) is 21.6. The number of para-hydroxylation sites is 1. The van der Waals surface area contributed by atoms with Crippen molar-refractivity contribution in [1.82, 2.24) is 20.0 Å². The number of aryl methyl sites for hydroxylation is 1. The standard InChI is InChI=1S/C24H26N6O4/c1-28-16-19(15-26-28)23(31)25-14-17-9-11-29(12-10-17)24(32)18-7-8-21(22(13-18)30(33)34)27-20-5-3-2-4-6-20/h2-8,13,15-17,27H,9-12,14H2,1H3,(H,25,31). The minimum atomic E-state index is -0.487. The van der Waals surface area contributed by atoms with Gasteiger partial charge in [0.15, 0.2) is 0 Å². The molecule has 2 amide bonds. The van der Waals surface area contributed by atoms with Crippen molar-refractivity contribution < 1.29 is 14.5 Å².